The average molecular weight is 338 g/mol. The van der Waals surface area contributed by atoms with Crippen LogP contribution in [-0.2, 0) is 4.79 Å². The van der Waals surface area contributed by atoms with Crippen molar-refractivity contribution in [2.24, 2.45) is 0 Å². The van der Waals surface area contributed by atoms with Crippen LogP contribution in [0.25, 0.3) is 11.0 Å². The predicted octanol–water partition coefficient (Wildman–Crippen LogP) is 3.34. The van der Waals surface area contributed by atoms with Crippen LogP contribution in [-0.4, -0.2) is 38.1 Å². The molecule has 0 radical (unpaired) electrons. The summed E-state index contributed by atoms with van der Waals surface area (Å²) < 4.78 is 1.90. The summed E-state index contributed by atoms with van der Waals surface area (Å²) in [6.07, 6.45) is 1.35. The van der Waals surface area contributed by atoms with Gasteiger partial charge >= 0.3 is 0 Å². The van der Waals surface area contributed by atoms with Crippen molar-refractivity contribution in [3.05, 3.63) is 54.6 Å². The number of aromatic nitrogens is 3. The van der Waals surface area contributed by atoms with Crippen molar-refractivity contribution in [3.8, 4) is 0 Å². The molecule has 2 aromatic carbocycles. The van der Waals surface area contributed by atoms with Gasteiger partial charge in [-0.1, -0.05) is 35.5 Å². The summed E-state index contributed by atoms with van der Waals surface area (Å²) in [4.78, 5) is 15.5. The van der Waals surface area contributed by atoms with Gasteiger partial charge in [0.15, 0.2) is 0 Å². The second kappa shape index (κ2) is 6.65. The van der Waals surface area contributed by atoms with Gasteiger partial charge in [-0.15, -0.1) is 16.9 Å². The molecule has 1 amide bonds. The molecule has 0 aliphatic carbocycles. The van der Waals surface area contributed by atoms with E-state index in [1.807, 2.05) is 52.0 Å². The Morgan fingerprint density at radius 1 is 1.08 bits per heavy atom. The Labute approximate surface area is 144 Å². The zero-order chi connectivity index (χ0) is 16.4. The summed E-state index contributed by atoms with van der Waals surface area (Å²) in [6, 6.07) is 18.2. The van der Waals surface area contributed by atoms with Crippen molar-refractivity contribution in [2.45, 2.75) is 23.9 Å². The van der Waals surface area contributed by atoms with Gasteiger partial charge in [-0.2, -0.15) is 0 Å². The van der Waals surface area contributed by atoms with Gasteiger partial charge in [0.25, 0.3) is 0 Å². The van der Waals surface area contributed by atoms with E-state index in [9.17, 15) is 4.79 Å². The Kier molecular flexibility index (Phi) is 4.21. The number of amides is 1. The minimum Gasteiger partial charge on any atom is -0.319 e. The molecule has 3 aromatic rings. The third-order valence-electron chi connectivity index (χ3n) is 4.30. The lowest BCUT2D eigenvalue weighted by atomic mass is 10.3. The predicted molar refractivity (Wildman–Crippen MR) is 94.7 cm³/mol. The number of carbonyl (C=O) groups excluding carboxylic acids is 1. The number of carbonyl (C=O) groups is 1. The Hall–Kier alpha value is -2.34. The minimum atomic E-state index is -0.0266. The van der Waals surface area contributed by atoms with Crippen LogP contribution < -0.4 is 0 Å². The second-order valence-corrected chi connectivity index (χ2v) is 6.96. The fourth-order valence-electron chi connectivity index (χ4n) is 3.13. The molecule has 1 unspecified atom stereocenters. The molecule has 122 valence electrons. The molecule has 1 fully saturated rings. The standard InChI is InChI=1S/C18H18N4OS/c23-18-11-10-17(22-16-9-5-4-8-15(16)19-20-22)21(18)12-13-24-14-6-2-1-3-7-14/h1-9,17H,10-13H2. The van der Waals surface area contributed by atoms with Gasteiger partial charge in [0.1, 0.15) is 11.7 Å². The molecule has 1 atom stereocenters. The van der Waals surface area contributed by atoms with E-state index < -0.39 is 0 Å². The van der Waals surface area contributed by atoms with Gasteiger partial charge in [0.05, 0.1) is 5.52 Å². The van der Waals surface area contributed by atoms with Gasteiger partial charge in [0.2, 0.25) is 5.91 Å². The molecule has 1 aliphatic heterocycles. The average Bonchev–Trinajstić information content (AvgIpc) is 3.20. The van der Waals surface area contributed by atoms with Crippen molar-refractivity contribution in [1.82, 2.24) is 19.9 Å². The van der Waals surface area contributed by atoms with Crippen molar-refractivity contribution in [3.63, 3.8) is 0 Å². The van der Waals surface area contributed by atoms with Gasteiger partial charge in [0, 0.05) is 23.6 Å². The maximum absolute atomic E-state index is 12.3. The molecular formula is C18H18N4OS. The van der Waals surface area contributed by atoms with E-state index in [1.165, 1.54) is 4.90 Å². The largest absolute Gasteiger partial charge is 0.319 e. The fraction of sp³-hybridized carbons (Fsp3) is 0.278. The highest BCUT2D eigenvalue weighted by molar-refractivity contribution is 7.99. The van der Waals surface area contributed by atoms with E-state index in [0.29, 0.717) is 6.42 Å². The van der Waals surface area contributed by atoms with Crippen LogP contribution in [0, 0.1) is 0 Å². The van der Waals surface area contributed by atoms with Crippen LogP contribution >= 0.6 is 11.8 Å². The summed E-state index contributed by atoms with van der Waals surface area (Å²) in [6.45, 7) is 0.719. The van der Waals surface area contributed by atoms with Gasteiger partial charge in [-0.05, 0) is 30.7 Å². The number of benzene rings is 2. The van der Waals surface area contributed by atoms with Crippen LogP contribution in [0.5, 0.6) is 0 Å². The van der Waals surface area contributed by atoms with Crippen molar-refractivity contribution in [1.29, 1.82) is 0 Å². The van der Waals surface area contributed by atoms with E-state index in [1.54, 1.807) is 11.8 Å². The maximum atomic E-state index is 12.3. The Morgan fingerprint density at radius 2 is 1.88 bits per heavy atom. The highest BCUT2D eigenvalue weighted by Crippen LogP contribution is 2.30. The van der Waals surface area contributed by atoms with E-state index in [-0.39, 0.29) is 12.1 Å². The minimum absolute atomic E-state index is 0.0266. The number of fused-ring (bicyclic) bond motifs is 1. The number of thioether (sulfide) groups is 1. The highest BCUT2D eigenvalue weighted by atomic mass is 32.2. The van der Waals surface area contributed by atoms with Gasteiger partial charge in [-0.25, -0.2) is 4.68 Å². The van der Waals surface area contributed by atoms with E-state index in [4.69, 9.17) is 0 Å². The number of para-hydroxylation sites is 1. The van der Waals surface area contributed by atoms with Crippen molar-refractivity contribution in [2.75, 3.05) is 12.3 Å². The summed E-state index contributed by atoms with van der Waals surface area (Å²) >= 11 is 1.77. The molecule has 1 aromatic heterocycles. The van der Waals surface area contributed by atoms with Crippen LogP contribution in [0.1, 0.15) is 19.0 Å². The first-order valence-electron chi connectivity index (χ1n) is 8.10. The first-order chi connectivity index (χ1) is 11.8. The molecule has 0 N–H and O–H groups in total. The number of hydrogen-bond donors (Lipinski definition) is 0. The Morgan fingerprint density at radius 3 is 2.75 bits per heavy atom. The molecule has 1 aliphatic rings. The van der Waals surface area contributed by atoms with Crippen LogP contribution in [0.3, 0.4) is 0 Å². The normalized spacial score (nSPS) is 17.8. The van der Waals surface area contributed by atoms with E-state index >= 15 is 0 Å². The molecule has 4 rings (SSSR count). The van der Waals surface area contributed by atoms with Crippen molar-refractivity contribution >= 4 is 28.7 Å². The lowest BCUT2D eigenvalue weighted by Crippen LogP contribution is -2.33. The second-order valence-electron chi connectivity index (χ2n) is 5.79. The molecule has 1 saturated heterocycles. The number of nitrogens with zero attached hydrogens (tertiary/aromatic N) is 4. The van der Waals surface area contributed by atoms with Crippen LogP contribution in [0.15, 0.2) is 59.5 Å². The Bertz CT molecular complexity index is 848. The monoisotopic (exact) mass is 338 g/mol. The SMILES string of the molecule is O=C1CCC(n2nnc3ccccc32)N1CCSc1ccccc1. The molecular weight excluding hydrogens is 320 g/mol. The van der Waals surface area contributed by atoms with Crippen molar-refractivity contribution < 1.29 is 4.79 Å². The zero-order valence-electron chi connectivity index (χ0n) is 13.2. The highest BCUT2D eigenvalue weighted by Gasteiger charge is 2.33. The van der Waals surface area contributed by atoms with Crippen LogP contribution in [0.4, 0.5) is 0 Å². The number of rotatable bonds is 5. The fourth-order valence-corrected chi connectivity index (χ4v) is 4.01. The van der Waals surface area contributed by atoms with Gasteiger partial charge in [-0.3, -0.25) is 4.79 Å². The molecule has 0 bridgehead atoms. The Balaban J connectivity index is 1.49. The van der Waals surface area contributed by atoms with E-state index in [0.717, 1.165) is 29.8 Å². The lowest BCUT2D eigenvalue weighted by molar-refractivity contribution is -0.129. The first-order valence-corrected chi connectivity index (χ1v) is 9.09. The summed E-state index contributed by atoms with van der Waals surface area (Å²) in [5.74, 6) is 1.08. The third kappa shape index (κ3) is 2.89. The van der Waals surface area contributed by atoms with E-state index in [2.05, 4.69) is 22.4 Å². The molecule has 5 nitrogen and oxygen atoms in total. The smallest absolute Gasteiger partial charge is 0.224 e. The molecule has 24 heavy (non-hydrogen) atoms. The van der Waals surface area contributed by atoms with Crippen LogP contribution in [0.2, 0.25) is 0 Å². The zero-order valence-corrected chi connectivity index (χ0v) is 14.0. The first kappa shape index (κ1) is 15.2. The molecule has 0 saturated carbocycles. The summed E-state index contributed by atoms with van der Waals surface area (Å²) in [5.41, 5.74) is 1.85. The molecule has 0 spiro atoms. The summed E-state index contributed by atoms with van der Waals surface area (Å²) in [7, 11) is 0. The molecule has 2 heterocycles. The van der Waals surface area contributed by atoms with Gasteiger partial charge < -0.3 is 4.90 Å². The topological polar surface area (TPSA) is 51.0 Å². The lowest BCUT2D eigenvalue weighted by Gasteiger charge is -2.25. The third-order valence-corrected chi connectivity index (χ3v) is 5.29. The molecule has 6 heteroatoms. The quantitative estimate of drug-likeness (QED) is 0.670. The number of likely N-dealkylation sites (tertiary alicyclic amines) is 1. The summed E-state index contributed by atoms with van der Waals surface area (Å²) in [5, 5.41) is 8.51. The number of hydrogen-bond acceptors (Lipinski definition) is 4. The maximum Gasteiger partial charge on any atom is 0.224 e.